The third kappa shape index (κ3) is 3.73. The number of benzene rings is 2. The number of nitrogens with one attached hydrogen (secondary N) is 1. The van der Waals surface area contributed by atoms with E-state index in [-0.39, 0.29) is 10.8 Å². The summed E-state index contributed by atoms with van der Waals surface area (Å²) in [4.78, 5) is 12.8. The number of nitrogens with zero attached hydrogens (tertiary/aromatic N) is 1. The summed E-state index contributed by atoms with van der Waals surface area (Å²) >= 11 is 0. The van der Waals surface area contributed by atoms with Crippen molar-refractivity contribution in [2.45, 2.75) is 30.7 Å². The second-order valence-electron chi connectivity index (χ2n) is 6.30. The number of rotatable bonds is 5. The number of hydrogen-bond donors (Lipinski definition) is 1. The Morgan fingerprint density at radius 1 is 1.12 bits per heavy atom. The Morgan fingerprint density at radius 3 is 2.38 bits per heavy atom. The summed E-state index contributed by atoms with van der Waals surface area (Å²) in [5.41, 5.74) is 1.75. The van der Waals surface area contributed by atoms with Gasteiger partial charge in [-0.05, 0) is 56.2 Å². The van der Waals surface area contributed by atoms with Crippen LogP contribution in [0.2, 0.25) is 0 Å². The van der Waals surface area contributed by atoms with Gasteiger partial charge in [-0.25, -0.2) is 8.42 Å². The lowest BCUT2D eigenvalue weighted by Crippen LogP contribution is -2.43. The molecule has 2 aromatic carbocycles. The highest BCUT2D eigenvalue weighted by Crippen LogP contribution is 2.28. The van der Waals surface area contributed by atoms with Crippen LogP contribution in [0.15, 0.2) is 53.4 Å². The average molecular weight is 374 g/mol. The summed E-state index contributed by atoms with van der Waals surface area (Å²) in [5.74, 6) is 0.280. The number of aryl methyl sites for hydroxylation is 1. The van der Waals surface area contributed by atoms with Crippen LogP contribution in [0, 0.1) is 6.92 Å². The first-order chi connectivity index (χ1) is 12.4. The van der Waals surface area contributed by atoms with Crippen molar-refractivity contribution in [1.82, 2.24) is 4.31 Å². The van der Waals surface area contributed by atoms with E-state index in [1.807, 2.05) is 31.2 Å². The minimum Gasteiger partial charge on any atom is -0.497 e. The third-order valence-electron chi connectivity index (χ3n) is 4.49. The standard InChI is InChI=1S/C19H22N2O4S/c1-14-5-7-15(8-6-14)20-19(22)18-4-3-13-21(18)26(23,24)17-11-9-16(25-2)10-12-17/h5-12,18H,3-4,13H2,1-2H3,(H,20,22)/t18-/m1/s1. The molecule has 1 fully saturated rings. The smallest absolute Gasteiger partial charge is 0.243 e. The number of amides is 1. The van der Waals surface area contributed by atoms with Gasteiger partial charge in [0.1, 0.15) is 11.8 Å². The molecule has 1 amide bonds. The summed E-state index contributed by atoms with van der Waals surface area (Å²) in [6.07, 6.45) is 1.16. The molecule has 1 saturated heterocycles. The Hall–Kier alpha value is -2.38. The molecular weight excluding hydrogens is 352 g/mol. The van der Waals surface area contributed by atoms with Crippen molar-refractivity contribution in [3.8, 4) is 5.75 Å². The van der Waals surface area contributed by atoms with Crippen molar-refractivity contribution in [3.05, 3.63) is 54.1 Å². The summed E-state index contributed by atoms with van der Waals surface area (Å²) in [5, 5.41) is 2.82. The lowest BCUT2D eigenvalue weighted by molar-refractivity contribution is -0.119. The van der Waals surface area contributed by atoms with Crippen molar-refractivity contribution >= 4 is 21.6 Å². The summed E-state index contributed by atoms with van der Waals surface area (Å²) in [6.45, 7) is 2.30. The van der Waals surface area contributed by atoms with E-state index in [9.17, 15) is 13.2 Å². The highest BCUT2D eigenvalue weighted by molar-refractivity contribution is 7.89. The number of sulfonamides is 1. The van der Waals surface area contributed by atoms with Crippen molar-refractivity contribution < 1.29 is 17.9 Å². The van der Waals surface area contributed by atoms with Gasteiger partial charge in [-0.15, -0.1) is 0 Å². The maximum absolute atomic E-state index is 13.0. The van der Waals surface area contributed by atoms with Gasteiger partial charge in [0, 0.05) is 12.2 Å². The largest absolute Gasteiger partial charge is 0.497 e. The Balaban J connectivity index is 1.79. The maximum atomic E-state index is 13.0. The van der Waals surface area contributed by atoms with Crippen LogP contribution in [0.3, 0.4) is 0 Å². The van der Waals surface area contributed by atoms with Crippen LogP contribution in [0.25, 0.3) is 0 Å². The predicted octanol–water partition coefficient (Wildman–Crippen LogP) is 2.80. The number of methoxy groups -OCH3 is 1. The molecule has 6 nitrogen and oxygen atoms in total. The fraction of sp³-hybridized carbons (Fsp3) is 0.316. The van der Waals surface area contributed by atoms with Crippen LogP contribution in [0.1, 0.15) is 18.4 Å². The van der Waals surface area contributed by atoms with Gasteiger partial charge >= 0.3 is 0 Å². The monoisotopic (exact) mass is 374 g/mol. The van der Waals surface area contributed by atoms with Crippen molar-refractivity contribution in [3.63, 3.8) is 0 Å². The van der Waals surface area contributed by atoms with Gasteiger partial charge in [-0.1, -0.05) is 17.7 Å². The summed E-state index contributed by atoms with van der Waals surface area (Å²) in [6, 6.07) is 12.9. The molecule has 3 rings (SSSR count). The molecule has 1 N–H and O–H groups in total. The predicted molar refractivity (Wildman–Crippen MR) is 99.7 cm³/mol. The Bertz CT molecular complexity index is 877. The molecule has 0 aliphatic carbocycles. The molecule has 0 radical (unpaired) electrons. The Labute approximate surface area is 153 Å². The van der Waals surface area contributed by atoms with Gasteiger partial charge in [0.25, 0.3) is 0 Å². The molecule has 1 aliphatic heterocycles. The number of hydrogen-bond acceptors (Lipinski definition) is 4. The second kappa shape index (κ2) is 7.47. The topological polar surface area (TPSA) is 75.7 Å². The first kappa shape index (κ1) is 18.4. The SMILES string of the molecule is COc1ccc(S(=O)(=O)N2CCC[C@@H]2C(=O)Nc2ccc(C)cc2)cc1. The van der Waals surface area contributed by atoms with Gasteiger partial charge in [-0.2, -0.15) is 4.31 Å². The van der Waals surface area contributed by atoms with E-state index in [4.69, 9.17) is 4.74 Å². The van der Waals surface area contributed by atoms with Gasteiger partial charge in [0.05, 0.1) is 12.0 Å². The summed E-state index contributed by atoms with van der Waals surface area (Å²) in [7, 11) is -2.22. The molecule has 138 valence electrons. The fourth-order valence-corrected chi connectivity index (χ4v) is 4.69. The second-order valence-corrected chi connectivity index (χ2v) is 8.20. The Morgan fingerprint density at radius 2 is 1.77 bits per heavy atom. The van der Waals surface area contributed by atoms with E-state index >= 15 is 0 Å². The van der Waals surface area contributed by atoms with Crippen LogP contribution in [0.5, 0.6) is 5.75 Å². The zero-order chi connectivity index (χ0) is 18.7. The molecule has 0 spiro atoms. The lowest BCUT2D eigenvalue weighted by atomic mass is 10.2. The van der Waals surface area contributed by atoms with Crippen LogP contribution in [-0.4, -0.2) is 38.3 Å². The van der Waals surface area contributed by atoms with Crippen LogP contribution in [0.4, 0.5) is 5.69 Å². The van der Waals surface area contributed by atoms with Crippen LogP contribution >= 0.6 is 0 Å². The molecule has 0 bridgehead atoms. The molecular formula is C19H22N2O4S. The van der Waals surface area contributed by atoms with Crippen molar-refractivity contribution in [2.75, 3.05) is 19.0 Å². The number of ether oxygens (including phenoxy) is 1. The molecule has 26 heavy (non-hydrogen) atoms. The van der Waals surface area contributed by atoms with E-state index in [0.717, 1.165) is 5.56 Å². The fourth-order valence-electron chi connectivity index (χ4n) is 3.04. The molecule has 0 unspecified atom stereocenters. The highest BCUT2D eigenvalue weighted by atomic mass is 32.2. The summed E-state index contributed by atoms with van der Waals surface area (Å²) < 4.78 is 32.3. The molecule has 1 heterocycles. The van der Waals surface area contributed by atoms with Gasteiger partial charge in [0.2, 0.25) is 15.9 Å². The molecule has 0 aromatic heterocycles. The zero-order valence-electron chi connectivity index (χ0n) is 14.8. The average Bonchev–Trinajstić information content (AvgIpc) is 3.14. The van der Waals surface area contributed by atoms with E-state index in [2.05, 4.69) is 5.32 Å². The van der Waals surface area contributed by atoms with Gasteiger partial charge in [-0.3, -0.25) is 4.79 Å². The van der Waals surface area contributed by atoms with Crippen molar-refractivity contribution in [1.29, 1.82) is 0 Å². The molecule has 0 saturated carbocycles. The van der Waals surface area contributed by atoms with Crippen molar-refractivity contribution in [2.24, 2.45) is 0 Å². The minimum atomic E-state index is -3.74. The minimum absolute atomic E-state index is 0.160. The normalized spacial score (nSPS) is 17.8. The first-order valence-electron chi connectivity index (χ1n) is 8.45. The van der Waals surface area contributed by atoms with E-state index in [1.54, 1.807) is 12.1 Å². The zero-order valence-corrected chi connectivity index (χ0v) is 15.6. The van der Waals surface area contributed by atoms with E-state index in [0.29, 0.717) is 30.8 Å². The van der Waals surface area contributed by atoms with E-state index < -0.39 is 16.1 Å². The highest BCUT2D eigenvalue weighted by Gasteiger charge is 2.39. The quantitative estimate of drug-likeness (QED) is 0.873. The molecule has 1 aliphatic rings. The number of carbonyl (C=O) groups excluding carboxylic acids is 1. The van der Waals surface area contributed by atoms with Crippen LogP contribution in [-0.2, 0) is 14.8 Å². The third-order valence-corrected chi connectivity index (χ3v) is 6.41. The van der Waals surface area contributed by atoms with Crippen LogP contribution < -0.4 is 10.1 Å². The Kier molecular flexibility index (Phi) is 5.29. The molecule has 1 atom stereocenters. The van der Waals surface area contributed by atoms with Gasteiger partial charge < -0.3 is 10.1 Å². The van der Waals surface area contributed by atoms with Gasteiger partial charge in [0.15, 0.2) is 0 Å². The number of anilines is 1. The lowest BCUT2D eigenvalue weighted by Gasteiger charge is -2.23. The molecule has 7 heteroatoms. The first-order valence-corrected chi connectivity index (χ1v) is 9.89. The molecule has 2 aromatic rings. The van der Waals surface area contributed by atoms with E-state index in [1.165, 1.54) is 23.5 Å². The maximum Gasteiger partial charge on any atom is 0.243 e. The number of carbonyl (C=O) groups is 1.